The number of hydrogen-bond acceptors (Lipinski definition) is 6. The third-order valence-corrected chi connectivity index (χ3v) is 4.39. The van der Waals surface area contributed by atoms with Gasteiger partial charge in [0.1, 0.15) is 4.90 Å². The Morgan fingerprint density at radius 3 is 2.38 bits per heavy atom. The van der Waals surface area contributed by atoms with E-state index < -0.39 is 10.0 Å². The molecule has 1 aromatic carbocycles. The Hall–Kier alpha value is -2.03. The van der Waals surface area contributed by atoms with Crippen LogP contribution in [0.4, 0.5) is 5.95 Å². The highest BCUT2D eigenvalue weighted by molar-refractivity contribution is 7.89. The summed E-state index contributed by atoms with van der Waals surface area (Å²) in [4.78, 5) is 7.57. The Morgan fingerprint density at radius 2 is 1.81 bits per heavy atom. The van der Waals surface area contributed by atoms with Crippen LogP contribution in [0.25, 0.3) is 0 Å². The van der Waals surface area contributed by atoms with E-state index >= 15 is 0 Å². The average Bonchev–Trinajstić information content (AvgIpc) is 2.53. The zero-order valence-corrected chi connectivity index (χ0v) is 12.3. The number of benzene rings is 1. The van der Waals surface area contributed by atoms with Crippen LogP contribution < -0.4 is 16.0 Å². The number of nitrogen functional groups attached to an aromatic ring is 1. The topological polar surface area (TPSA) is 110 Å². The van der Waals surface area contributed by atoms with Crippen molar-refractivity contribution in [2.24, 2.45) is 5.84 Å². The van der Waals surface area contributed by atoms with E-state index in [1.165, 1.54) is 12.4 Å². The summed E-state index contributed by atoms with van der Waals surface area (Å²) in [5.41, 5.74) is 3.31. The van der Waals surface area contributed by atoms with Gasteiger partial charge < -0.3 is 0 Å². The molecule has 1 unspecified atom stereocenters. The molecular weight excluding hydrogens is 290 g/mol. The van der Waals surface area contributed by atoms with Crippen LogP contribution in [0, 0.1) is 0 Å². The second-order valence-corrected chi connectivity index (χ2v) is 6.32. The minimum Gasteiger partial charge on any atom is -0.292 e. The van der Waals surface area contributed by atoms with Crippen LogP contribution in [-0.4, -0.2) is 24.9 Å². The molecule has 1 aromatic heterocycles. The second kappa shape index (κ2) is 6.61. The maximum absolute atomic E-state index is 12.1. The lowest BCUT2D eigenvalue weighted by molar-refractivity contribution is 0.574. The van der Waals surface area contributed by atoms with Crippen LogP contribution in [-0.2, 0) is 10.0 Å². The van der Waals surface area contributed by atoms with Crippen molar-refractivity contribution >= 4 is 16.0 Å². The monoisotopic (exact) mass is 307 g/mol. The first-order valence-electron chi connectivity index (χ1n) is 6.36. The molecule has 0 spiro atoms. The highest BCUT2D eigenvalue weighted by Crippen LogP contribution is 2.14. The summed E-state index contributed by atoms with van der Waals surface area (Å²) in [5.74, 6) is 5.35. The van der Waals surface area contributed by atoms with Gasteiger partial charge in [0.25, 0.3) is 0 Å². The van der Waals surface area contributed by atoms with Gasteiger partial charge in [-0.25, -0.2) is 29.0 Å². The number of nitrogens with two attached hydrogens (primary N) is 1. The first-order valence-corrected chi connectivity index (χ1v) is 7.84. The summed E-state index contributed by atoms with van der Waals surface area (Å²) in [7, 11) is -3.63. The lowest BCUT2D eigenvalue weighted by atomic mass is 10.0. The standard InChI is InChI=1S/C13H17N5O2S/c1-10(11-5-3-2-4-6-11)7-17-21(19,20)12-8-15-13(18-14)16-9-12/h2-6,8-10,17H,7,14H2,1H3,(H,15,16,18). The summed E-state index contributed by atoms with van der Waals surface area (Å²) in [5, 5.41) is 0. The minimum absolute atomic E-state index is 0.00163. The normalized spacial score (nSPS) is 12.9. The molecule has 112 valence electrons. The predicted molar refractivity (Wildman–Crippen MR) is 79.9 cm³/mol. The van der Waals surface area contributed by atoms with E-state index in [0.29, 0.717) is 6.54 Å². The zero-order valence-electron chi connectivity index (χ0n) is 11.5. The number of nitrogens with zero attached hydrogens (tertiary/aromatic N) is 2. The van der Waals surface area contributed by atoms with E-state index in [9.17, 15) is 8.42 Å². The molecule has 8 heteroatoms. The Kier molecular flexibility index (Phi) is 4.84. The van der Waals surface area contributed by atoms with Gasteiger partial charge in [0.05, 0.1) is 12.4 Å². The molecule has 7 nitrogen and oxygen atoms in total. The van der Waals surface area contributed by atoms with E-state index in [0.717, 1.165) is 5.56 Å². The summed E-state index contributed by atoms with van der Waals surface area (Å²) < 4.78 is 26.8. The van der Waals surface area contributed by atoms with Crippen molar-refractivity contribution < 1.29 is 8.42 Å². The highest BCUT2D eigenvalue weighted by Gasteiger charge is 2.16. The summed E-state index contributed by atoms with van der Waals surface area (Å²) in [6.45, 7) is 2.25. The molecular formula is C13H17N5O2S. The van der Waals surface area contributed by atoms with Crippen molar-refractivity contribution in [3.63, 3.8) is 0 Å². The Bertz CT molecular complexity index is 673. The van der Waals surface area contributed by atoms with Gasteiger partial charge in [-0.3, -0.25) is 5.43 Å². The molecule has 0 aliphatic heterocycles. The van der Waals surface area contributed by atoms with Gasteiger partial charge in [-0.2, -0.15) is 0 Å². The molecule has 0 aliphatic rings. The number of nitrogens with one attached hydrogen (secondary N) is 2. The number of hydrogen-bond donors (Lipinski definition) is 3. The number of aromatic nitrogens is 2. The van der Waals surface area contributed by atoms with Crippen LogP contribution in [0.5, 0.6) is 0 Å². The third kappa shape index (κ3) is 3.97. The van der Waals surface area contributed by atoms with E-state index in [-0.39, 0.29) is 16.8 Å². The Morgan fingerprint density at radius 1 is 1.19 bits per heavy atom. The smallest absolute Gasteiger partial charge is 0.243 e. The quantitative estimate of drug-likeness (QED) is 0.539. The average molecular weight is 307 g/mol. The maximum Gasteiger partial charge on any atom is 0.243 e. The fraction of sp³-hybridized carbons (Fsp3) is 0.231. The minimum atomic E-state index is -3.63. The lowest BCUT2D eigenvalue weighted by Gasteiger charge is -2.13. The molecule has 2 rings (SSSR count). The maximum atomic E-state index is 12.1. The third-order valence-electron chi connectivity index (χ3n) is 3.02. The molecule has 0 saturated carbocycles. The predicted octanol–water partition coefficient (Wildman–Crippen LogP) is 0.844. The van der Waals surface area contributed by atoms with Crippen molar-refractivity contribution in [2.45, 2.75) is 17.7 Å². The summed E-state index contributed by atoms with van der Waals surface area (Å²) in [6.07, 6.45) is 2.41. The van der Waals surface area contributed by atoms with Crippen molar-refractivity contribution in [1.29, 1.82) is 0 Å². The largest absolute Gasteiger partial charge is 0.292 e. The number of hydrazine groups is 1. The number of anilines is 1. The van der Waals surface area contributed by atoms with Gasteiger partial charge in [0.15, 0.2) is 0 Å². The van der Waals surface area contributed by atoms with Crippen LogP contribution in [0.2, 0.25) is 0 Å². The van der Waals surface area contributed by atoms with Crippen LogP contribution in [0.1, 0.15) is 18.4 Å². The fourth-order valence-electron chi connectivity index (χ4n) is 1.75. The molecule has 0 bridgehead atoms. The van der Waals surface area contributed by atoms with Gasteiger partial charge >= 0.3 is 0 Å². The van der Waals surface area contributed by atoms with Crippen molar-refractivity contribution in [3.8, 4) is 0 Å². The van der Waals surface area contributed by atoms with E-state index in [1.807, 2.05) is 37.3 Å². The molecule has 4 N–H and O–H groups in total. The van der Waals surface area contributed by atoms with E-state index in [4.69, 9.17) is 5.84 Å². The van der Waals surface area contributed by atoms with Crippen molar-refractivity contribution in [1.82, 2.24) is 14.7 Å². The van der Waals surface area contributed by atoms with Gasteiger partial charge in [-0.15, -0.1) is 0 Å². The number of rotatable bonds is 6. The Labute approximate surface area is 123 Å². The summed E-state index contributed by atoms with van der Waals surface area (Å²) in [6, 6.07) is 9.69. The van der Waals surface area contributed by atoms with Crippen molar-refractivity contribution in [2.75, 3.05) is 12.0 Å². The fourth-order valence-corrected chi connectivity index (χ4v) is 2.77. The SMILES string of the molecule is CC(CNS(=O)(=O)c1cnc(NN)nc1)c1ccccc1. The van der Waals surface area contributed by atoms with Gasteiger partial charge in [0, 0.05) is 6.54 Å². The van der Waals surface area contributed by atoms with Crippen LogP contribution >= 0.6 is 0 Å². The molecule has 1 heterocycles. The highest BCUT2D eigenvalue weighted by atomic mass is 32.2. The summed E-state index contributed by atoms with van der Waals surface area (Å²) >= 11 is 0. The van der Waals surface area contributed by atoms with E-state index in [2.05, 4.69) is 20.1 Å². The molecule has 0 radical (unpaired) electrons. The first-order chi connectivity index (χ1) is 10.0. The van der Waals surface area contributed by atoms with E-state index in [1.54, 1.807) is 0 Å². The molecule has 0 fully saturated rings. The van der Waals surface area contributed by atoms with Crippen LogP contribution in [0.3, 0.4) is 0 Å². The molecule has 21 heavy (non-hydrogen) atoms. The second-order valence-electron chi connectivity index (χ2n) is 4.55. The van der Waals surface area contributed by atoms with Gasteiger partial charge in [-0.1, -0.05) is 37.3 Å². The Balaban J connectivity index is 2.04. The number of sulfonamides is 1. The van der Waals surface area contributed by atoms with Crippen molar-refractivity contribution in [3.05, 3.63) is 48.3 Å². The molecule has 2 aromatic rings. The van der Waals surface area contributed by atoms with Gasteiger partial charge in [0.2, 0.25) is 16.0 Å². The first kappa shape index (κ1) is 15.4. The zero-order chi connectivity index (χ0) is 15.3. The molecule has 0 saturated heterocycles. The molecule has 0 aliphatic carbocycles. The molecule has 0 amide bonds. The molecule has 1 atom stereocenters. The van der Waals surface area contributed by atoms with Crippen LogP contribution in [0.15, 0.2) is 47.6 Å². The lowest BCUT2D eigenvalue weighted by Crippen LogP contribution is -2.28. The van der Waals surface area contributed by atoms with Gasteiger partial charge in [-0.05, 0) is 11.5 Å².